The highest BCUT2D eigenvalue weighted by Crippen LogP contribution is 2.18. The maximum atomic E-state index is 12.3. The fraction of sp³-hybridized carbons (Fsp3) is 0.263. The quantitative estimate of drug-likeness (QED) is 0.628. The molecule has 1 atom stereocenters. The largest absolute Gasteiger partial charge is 0.354 e. The molecule has 0 radical (unpaired) electrons. The van der Waals surface area contributed by atoms with Crippen LogP contribution >= 0.6 is 0 Å². The molecule has 0 aliphatic carbocycles. The van der Waals surface area contributed by atoms with E-state index in [0.29, 0.717) is 18.8 Å². The number of hydrogen-bond acceptors (Lipinski definition) is 5. The van der Waals surface area contributed by atoms with Crippen LogP contribution in [0.15, 0.2) is 42.6 Å². The first kappa shape index (κ1) is 17.8. The predicted molar refractivity (Wildman–Crippen MR) is 99.2 cm³/mol. The van der Waals surface area contributed by atoms with E-state index in [9.17, 15) is 4.79 Å². The molecule has 134 valence electrons. The molecular weight excluding hydrogens is 328 g/mol. The number of amides is 1. The molecule has 1 aromatic carbocycles. The minimum absolute atomic E-state index is 0.239. The topological polar surface area (TPSA) is 110 Å². The Morgan fingerprint density at radius 2 is 2.00 bits per heavy atom. The van der Waals surface area contributed by atoms with Crippen molar-refractivity contribution in [1.29, 1.82) is 0 Å². The third kappa shape index (κ3) is 3.94. The number of aromatic amines is 1. The summed E-state index contributed by atoms with van der Waals surface area (Å²) in [5.74, 6) is 0.438. The molecule has 0 fully saturated rings. The average molecular weight is 350 g/mol. The van der Waals surface area contributed by atoms with Gasteiger partial charge in [-0.2, -0.15) is 5.10 Å². The molecule has 0 saturated carbocycles. The van der Waals surface area contributed by atoms with Gasteiger partial charge in [-0.15, -0.1) is 0 Å². The summed E-state index contributed by atoms with van der Waals surface area (Å²) in [6.45, 7) is 4.10. The maximum Gasteiger partial charge on any atom is 0.241 e. The van der Waals surface area contributed by atoms with Crippen LogP contribution in [-0.2, 0) is 11.2 Å². The minimum Gasteiger partial charge on any atom is -0.354 e. The van der Waals surface area contributed by atoms with Gasteiger partial charge in [-0.25, -0.2) is 9.97 Å². The van der Waals surface area contributed by atoms with Crippen LogP contribution in [0.25, 0.3) is 11.3 Å². The fourth-order valence-corrected chi connectivity index (χ4v) is 2.85. The summed E-state index contributed by atoms with van der Waals surface area (Å²) in [4.78, 5) is 21.1. The monoisotopic (exact) mass is 350 g/mol. The zero-order chi connectivity index (χ0) is 18.5. The van der Waals surface area contributed by atoms with Crippen LogP contribution in [0.2, 0.25) is 0 Å². The number of hydrogen-bond donors (Lipinski definition) is 3. The van der Waals surface area contributed by atoms with Crippen LogP contribution in [0, 0.1) is 13.8 Å². The number of carbonyl (C=O) groups excluding carboxylic acids is 1. The number of rotatable bonds is 6. The number of nitrogens with one attached hydrogen (secondary N) is 2. The van der Waals surface area contributed by atoms with Crippen molar-refractivity contribution in [1.82, 2.24) is 25.5 Å². The van der Waals surface area contributed by atoms with E-state index < -0.39 is 6.04 Å². The average Bonchev–Trinajstić information content (AvgIpc) is 3.00. The standard InChI is InChI=1S/C19H22N6O/c1-12-17(13(2)25-24-12)18(20)19(26)22-11-9-16-21-10-8-15(23-16)14-6-4-3-5-7-14/h3-8,10,18H,9,11,20H2,1-2H3,(H,22,26)(H,24,25)/t18-/m0/s1. The van der Waals surface area contributed by atoms with E-state index in [-0.39, 0.29) is 5.91 Å². The number of aryl methyl sites for hydroxylation is 2. The number of nitrogens with two attached hydrogens (primary N) is 1. The summed E-state index contributed by atoms with van der Waals surface area (Å²) >= 11 is 0. The van der Waals surface area contributed by atoms with Crippen molar-refractivity contribution in [2.75, 3.05) is 6.54 Å². The number of benzene rings is 1. The molecule has 0 spiro atoms. The zero-order valence-corrected chi connectivity index (χ0v) is 14.9. The Hall–Kier alpha value is -3.06. The van der Waals surface area contributed by atoms with Gasteiger partial charge in [-0.3, -0.25) is 9.89 Å². The van der Waals surface area contributed by atoms with E-state index in [1.165, 1.54) is 0 Å². The molecule has 2 aromatic heterocycles. The second-order valence-corrected chi connectivity index (χ2v) is 6.09. The first-order valence-electron chi connectivity index (χ1n) is 8.48. The van der Waals surface area contributed by atoms with E-state index >= 15 is 0 Å². The molecule has 0 unspecified atom stereocenters. The highest BCUT2D eigenvalue weighted by atomic mass is 16.2. The first-order chi connectivity index (χ1) is 12.6. The van der Waals surface area contributed by atoms with Crippen molar-refractivity contribution in [3.63, 3.8) is 0 Å². The zero-order valence-electron chi connectivity index (χ0n) is 14.9. The van der Waals surface area contributed by atoms with Gasteiger partial charge < -0.3 is 11.1 Å². The molecule has 7 heteroatoms. The minimum atomic E-state index is -0.745. The van der Waals surface area contributed by atoms with Crippen molar-refractivity contribution in [3.05, 3.63) is 65.4 Å². The Morgan fingerprint density at radius 1 is 1.23 bits per heavy atom. The van der Waals surface area contributed by atoms with Gasteiger partial charge in [0.05, 0.1) is 11.4 Å². The molecule has 1 amide bonds. The van der Waals surface area contributed by atoms with Crippen molar-refractivity contribution in [2.24, 2.45) is 5.73 Å². The predicted octanol–water partition coefficient (Wildman–Crippen LogP) is 1.84. The first-order valence-corrected chi connectivity index (χ1v) is 8.48. The maximum absolute atomic E-state index is 12.3. The van der Waals surface area contributed by atoms with E-state index in [0.717, 1.165) is 28.2 Å². The van der Waals surface area contributed by atoms with Gasteiger partial charge in [0.1, 0.15) is 11.9 Å². The summed E-state index contributed by atoms with van der Waals surface area (Å²) in [5.41, 5.74) is 10.3. The van der Waals surface area contributed by atoms with Crippen LogP contribution in [0.3, 0.4) is 0 Å². The Labute approximate surface area is 152 Å². The lowest BCUT2D eigenvalue weighted by Crippen LogP contribution is -2.36. The molecule has 3 aromatic rings. The molecule has 4 N–H and O–H groups in total. The van der Waals surface area contributed by atoms with Crippen LogP contribution < -0.4 is 11.1 Å². The molecule has 3 rings (SSSR count). The van der Waals surface area contributed by atoms with Crippen LogP contribution in [-0.4, -0.2) is 32.6 Å². The van der Waals surface area contributed by atoms with E-state index in [4.69, 9.17) is 5.73 Å². The van der Waals surface area contributed by atoms with Gasteiger partial charge >= 0.3 is 0 Å². The summed E-state index contributed by atoms with van der Waals surface area (Å²) in [6, 6.07) is 11.0. The lowest BCUT2D eigenvalue weighted by molar-refractivity contribution is -0.122. The second-order valence-electron chi connectivity index (χ2n) is 6.09. The van der Waals surface area contributed by atoms with Gasteiger partial charge in [0.25, 0.3) is 0 Å². The number of carbonyl (C=O) groups is 1. The summed E-state index contributed by atoms with van der Waals surface area (Å²) in [6.07, 6.45) is 2.26. The van der Waals surface area contributed by atoms with Gasteiger partial charge in [0.2, 0.25) is 5.91 Å². The Balaban J connectivity index is 1.59. The SMILES string of the molecule is Cc1n[nH]c(C)c1[C@H](N)C(=O)NCCc1nccc(-c2ccccc2)n1. The molecule has 7 nitrogen and oxygen atoms in total. The summed E-state index contributed by atoms with van der Waals surface area (Å²) in [5, 5.41) is 9.77. The Bertz CT molecular complexity index is 871. The molecular formula is C19H22N6O. The Morgan fingerprint density at radius 3 is 2.69 bits per heavy atom. The van der Waals surface area contributed by atoms with Gasteiger partial charge in [-0.05, 0) is 19.9 Å². The molecule has 0 aliphatic heterocycles. The van der Waals surface area contributed by atoms with Gasteiger partial charge in [0, 0.05) is 36.0 Å². The third-order valence-electron chi connectivity index (χ3n) is 4.20. The highest BCUT2D eigenvalue weighted by Gasteiger charge is 2.21. The highest BCUT2D eigenvalue weighted by molar-refractivity contribution is 5.83. The normalized spacial score (nSPS) is 12.0. The molecule has 0 aliphatic rings. The third-order valence-corrected chi connectivity index (χ3v) is 4.20. The number of H-pyrrole nitrogens is 1. The lowest BCUT2D eigenvalue weighted by atomic mass is 10.1. The Kier molecular flexibility index (Phi) is 5.38. The number of nitrogens with zero attached hydrogens (tertiary/aromatic N) is 3. The van der Waals surface area contributed by atoms with E-state index in [1.54, 1.807) is 6.20 Å². The second kappa shape index (κ2) is 7.88. The van der Waals surface area contributed by atoms with Crippen molar-refractivity contribution in [3.8, 4) is 11.3 Å². The van der Waals surface area contributed by atoms with Gasteiger partial charge in [-0.1, -0.05) is 30.3 Å². The molecule has 2 heterocycles. The van der Waals surface area contributed by atoms with Crippen molar-refractivity contribution >= 4 is 5.91 Å². The van der Waals surface area contributed by atoms with E-state index in [1.807, 2.05) is 50.2 Å². The summed E-state index contributed by atoms with van der Waals surface area (Å²) in [7, 11) is 0. The van der Waals surface area contributed by atoms with Crippen LogP contribution in [0.4, 0.5) is 0 Å². The summed E-state index contributed by atoms with van der Waals surface area (Å²) < 4.78 is 0. The number of aromatic nitrogens is 4. The molecule has 26 heavy (non-hydrogen) atoms. The molecule has 0 bridgehead atoms. The van der Waals surface area contributed by atoms with Crippen LogP contribution in [0.5, 0.6) is 0 Å². The lowest BCUT2D eigenvalue weighted by Gasteiger charge is -2.12. The van der Waals surface area contributed by atoms with Crippen molar-refractivity contribution < 1.29 is 4.79 Å². The van der Waals surface area contributed by atoms with E-state index in [2.05, 4.69) is 25.5 Å². The fourth-order valence-electron chi connectivity index (χ4n) is 2.85. The smallest absolute Gasteiger partial charge is 0.241 e. The molecule has 0 saturated heterocycles. The van der Waals surface area contributed by atoms with Gasteiger partial charge in [0.15, 0.2) is 0 Å². The van der Waals surface area contributed by atoms with Crippen LogP contribution in [0.1, 0.15) is 28.8 Å². The van der Waals surface area contributed by atoms with Crippen molar-refractivity contribution in [2.45, 2.75) is 26.3 Å².